The molecular weight excluding hydrogens is 368 g/mol. The molecule has 1 saturated carbocycles. The quantitative estimate of drug-likeness (QED) is 0.686. The number of benzene rings is 1. The first-order valence-corrected chi connectivity index (χ1v) is 9.56. The minimum absolute atomic E-state index is 0.269. The average Bonchev–Trinajstić information content (AvgIpc) is 2.95. The van der Waals surface area contributed by atoms with Crippen LogP contribution in [0, 0.1) is 11.3 Å². The Morgan fingerprint density at radius 3 is 2.67 bits per heavy atom. The van der Waals surface area contributed by atoms with E-state index in [0.29, 0.717) is 22.8 Å². The highest BCUT2D eigenvalue weighted by Gasteiger charge is 2.32. The zero-order valence-electron chi connectivity index (χ0n) is 14.8. The van der Waals surface area contributed by atoms with Gasteiger partial charge in [0.15, 0.2) is 0 Å². The fraction of sp³-hybridized carbons (Fsp3) is 0.381. The van der Waals surface area contributed by atoms with Gasteiger partial charge in [-0.1, -0.05) is 23.8 Å². The molecule has 6 heteroatoms. The second-order valence-corrected chi connectivity index (χ2v) is 7.48. The van der Waals surface area contributed by atoms with Crippen molar-refractivity contribution in [3.05, 3.63) is 52.7 Å². The fourth-order valence-corrected chi connectivity index (χ4v) is 4.14. The number of hydrogen-bond donors (Lipinski definition) is 0. The third kappa shape index (κ3) is 2.93. The molecule has 0 bridgehead atoms. The second kappa shape index (κ2) is 7.36. The second-order valence-electron chi connectivity index (χ2n) is 7.05. The Kier molecular flexibility index (Phi) is 4.92. The Morgan fingerprint density at radius 1 is 1.26 bits per heavy atom. The summed E-state index contributed by atoms with van der Waals surface area (Å²) in [4.78, 5) is 1.73. The molecule has 1 aliphatic heterocycles. The number of fused-ring (bicyclic) bond motifs is 1. The van der Waals surface area contributed by atoms with E-state index in [9.17, 15) is 14.0 Å². The van der Waals surface area contributed by atoms with Crippen LogP contribution in [0.5, 0.6) is 0 Å². The summed E-state index contributed by atoms with van der Waals surface area (Å²) < 4.78 is 29.1. The molecule has 0 atom stereocenters. The highest BCUT2D eigenvalue weighted by Crippen LogP contribution is 2.42. The maximum absolute atomic E-state index is 13.5. The molecule has 0 radical (unpaired) electrons. The zero-order valence-corrected chi connectivity index (χ0v) is 15.6. The summed E-state index contributed by atoms with van der Waals surface area (Å²) >= 11 is 6.24. The Bertz CT molecular complexity index is 962. The van der Waals surface area contributed by atoms with E-state index >= 15 is 0 Å². The van der Waals surface area contributed by atoms with Gasteiger partial charge in [-0.25, -0.2) is 8.78 Å². The number of aromatic nitrogens is 1. The summed E-state index contributed by atoms with van der Waals surface area (Å²) in [6, 6.07) is 7.26. The first kappa shape index (κ1) is 18.1. The molecule has 2 aromatic rings. The number of allylic oxidation sites excluding steroid dienone is 2. The van der Waals surface area contributed by atoms with Crippen molar-refractivity contribution in [2.24, 2.45) is 0 Å². The van der Waals surface area contributed by atoms with E-state index in [4.69, 9.17) is 11.6 Å². The van der Waals surface area contributed by atoms with Crippen LogP contribution in [0.1, 0.15) is 36.6 Å². The van der Waals surface area contributed by atoms with Crippen molar-refractivity contribution in [1.29, 1.82) is 5.26 Å². The zero-order chi connectivity index (χ0) is 19.0. The van der Waals surface area contributed by atoms with Crippen molar-refractivity contribution in [2.45, 2.75) is 31.3 Å². The van der Waals surface area contributed by atoms with Gasteiger partial charge in [-0.15, -0.1) is 0 Å². The molecule has 4 rings (SSSR count). The van der Waals surface area contributed by atoms with Gasteiger partial charge in [0.05, 0.1) is 28.5 Å². The molecular formula is C21H20ClF2N3. The largest absolute Gasteiger partial charge is 0.358 e. The molecule has 2 aliphatic rings. The van der Waals surface area contributed by atoms with Crippen LogP contribution in [0.4, 0.5) is 8.78 Å². The third-order valence-electron chi connectivity index (χ3n) is 5.56. The van der Waals surface area contributed by atoms with Gasteiger partial charge in [0.2, 0.25) is 0 Å². The van der Waals surface area contributed by atoms with Gasteiger partial charge >= 0.3 is 0 Å². The van der Waals surface area contributed by atoms with Crippen LogP contribution < -0.4 is 0 Å². The van der Waals surface area contributed by atoms with Crippen LogP contribution in [-0.4, -0.2) is 35.4 Å². The van der Waals surface area contributed by atoms with Crippen molar-refractivity contribution < 1.29 is 8.78 Å². The van der Waals surface area contributed by atoms with Crippen LogP contribution in [-0.2, 0) is 0 Å². The molecule has 1 aromatic carbocycles. The Balaban J connectivity index is 1.98. The SMILES string of the molecule is N#Cc1c(C2=CC=CCN2C(CF)CF)n(C2CCC2)c2cc(Cl)ccc12. The van der Waals surface area contributed by atoms with Crippen molar-refractivity contribution >= 4 is 28.2 Å². The molecule has 0 N–H and O–H groups in total. The van der Waals surface area contributed by atoms with Crippen LogP contribution >= 0.6 is 11.6 Å². The highest BCUT2D eigenvalue weighted by atomic mass is 35.5. The molecule has 0 amide bonds. The lowest BCUT2D eigenvalue weighted by molar-refractivity contribution is 0.210. The Morgan fingerprint density at radius 2 is 2.04 bits per heavy atom. The normalized spacial score (nSPS) is 17.3. The first-order valence-electron chi connectivity index (χ1n) is 9.19. The van der Waals surface area contributed by atoms with Crippen molar-refractivity contribution in [3.8, 4) is 6.07 Å². The number of alkyl halides is 2. The summed E-state index contributed by atoms with van der Waals surface area (Å²) in [6.07, 6.45) is 8.79. The maximum atomic E-state index is 13.5. The number of hydrogen-bond acceptors (Lipinski definition) is 2. The number of nitriles is 1. The predicted molar refractivity (Wildman–Crippen MR) is 104 cm³/mol. The van der Waals surface area contributed by atoms with Crippen molar-refractivity contribution in [2.75, 3.05) is 19.9 Å². The number of nitrogens with zero attached hydrogens (tertiary/aromatic N) is 3. The molecule has 1 aromatic heterocycles. The van der Waals surface area contributed by atoms with Gasteiger partial charge in [0.25, 0.3) is 0 Å². The fourth-order valence-electron chi connectivity index (χ4n) is 3.97. The monoisotopic (exact) mass is 387 g/mol. The standard InChI is InChI=1S/C21H20ClF2N3/c22-14-7-8-17-18(13-25)21(27(20(17)10-14)15-4-3-5-15)19-6-1-2-9-26(19)16(11-23)12-24/h1-2,6-8,10,15-16H,3-5,9,11-12H2. The van der Waals surface area contributed by atoms with Gasteiger partial charge in [-0.3, -0.25) is 0 Å². The highest BCUT2D eigenvalue weighted by molar-refractivity contribution is 6.31. The lowest BCUT2D eigenvalue weighted by atomic mass is 9.92. The molecule has 0 unspecified atom stereocenters. The van der Waals surface area contributed by atoms with Crippen LogP contribution in [0.25, 0.3) is 16.6 Å². The minimum Gasteiger partial charge on any atom is -0.358 e. The molecule has 0 spiro atoms. The van der Waals surface area contributed by atoms with Crippen molar-refractivity contribution in [3.63, 3.8) is 0 Å². The summed E-state index contributed by atoms with van der Waals surface area (Å²) in [5.74, 6) is 0. The summed E-state index contributed by atoms with van der Waals surface area (Å²) in [6.45, 7) is -1.14. The van der Waals surface area contributed by atoms with Crippen LogP contribution in [0.15, 0.2) is 36.4 Å². The molecule has 1 fully saturated rings. The summed E-state index contributed by atoms with van der Waals surface area (Å²) in [5.41, 5.74) is 2.90. The lowest BCUT2D eigenvalue weighted by Gasteiger charge is -2.36. The van der Waals surface area contributed by atoms with Gasteiger partial charge in [0.1, 0.15) is 19.4 Å². The van der Waals surface area contributed by atoms with E-state index in [0.717, 1.165) is 35.9 Å². The predicted octanol–water partition coefficient (Wildman–Crippen LogP) is 5.41. The molecule has 27 heavy (non-hydrogen) atoms. The topological polar surface area (TPSA) is 32.0 Å². The van der Waals surface area contributed by atoms with E-state index in [1.165, 1.54) is 0 Å². The third-order valence-corrected chi connectivity index (χ3v) is 5.79. The average molecular weight is 388 g/mol. The lowest BCUT2D eigenvalue weighted by Crippen LogP contribution is -2.39. The maximum Gasteiger partial charge on any atom is 0.112 e. The number of halogens is 3. The van der Waals surface area contributed by atoms with Gasteiger partial charge < -0.3 is 9.47 Å². The van der Waals surface area contributed by atoms with Gasteiger partial charge in [-0.2, -0.15) is 5.26 Å². The van der Waals surface area contributed by atoms with E-state index in [1.54, 1.807) is 11.0 Å². The summed E-state index contributed by atoms with van der Waals surface area (Å²) in [7, 11) is 0. The smallest absolute Gasteiger partial charge is 0.112 e. The molecule has 140 valence electrons. The van der Waals surface area contributed by atoms with Gasteiger partial charge in [0, 0.05) is 23.0 Å². The van der Waals surface area contributed by atoms with Crippen LogP contribution in [0.3, 0.4) is 0 Å². The van der Waals surface area contributed by atoms with E-state index in [1.807, 2.05) is 30.4 Å². The molecule has 0 saturated heterocycles. The summed E-state index contributed by atoms with van der Waals surface area (Å²) in [5, 5.41) is 11.4. The Labute approximate surface area is 162 Å². The molecule has 3 nitrogen and oxygen atoms in total. The molecule has 1 aliphatic carbocycles. The van der Waals surface area contributed by atoms with E-state index in [2.05, 4.69) is 10.6 Å². The van der Waals surface area contributed by atoms with Crippen molar-refractivity contribution in [1.82, 2.24) is 9.47 Å². The Hall–Kier alpha value is -2.32. The molecule has 2 heterocycles. The van der Waals surface area contributed by atoms with E-state index < -0.39 is 19.4 Å². The minimum atomic E-state index is -0.857. The number of rotatable bonds is 5. The van der Waals surface area contributed by atoms with Gasteiger partial charge in [-0.05, 0) is 43.5 Å². The van der Waals surface area contributed by atoms with Crippen LogP contribution in [0.2, 0.25) is 5.02 Å². The van der Waals surface area contributed by atoms with E-state index in [-0.39, 0.29) is 6.04 Å². The first-order chi connectivity index (χ1) is 13.2.